The predicted molar refractivity (Wildman–Crippen MR) is 121 cm³/mol. The predicted octanol–water partition coefficient (Wildman–Crippen LogP) is 3.02. The zero-order valence-electron chi connectivity index (χ0n) is 16.4. The van der Waals surface area contributed by atoms with Crippen LogP contribution in [0.15, 0.2) is 35.5 Å². The summed E-state index contributed by atoms with van der Waals surface area (Å²) in [5.74, 6) is 0.704. The number of carbonyl (C=O) groups excluding carboxylic acids is 1. The van der Waals surface area contributed by atoms with Gasteiger partial charge in [-0.3, -0.25) is 4.99 Å². The number of fused-ring (bicyclic) bond motifs is 1. The van der Waals surface area contributed by atoms with Crippen LogP contribution in [0.1, 0.15) is 26.3 Å². The minimum absolute atomic E-state index is 0. The van der Waals surface area contributed by atoms with Crippen molar-refractivity contribution in [3.63, 3.8) is 0 Å². The molecule has 0 bridgehead atoms. The summed E-state index contributed by atoms with van der Waals surface area (Å²) in [5.41, 5.74) is 1.94. The smallest absolute Gasteiger partial charge is 0.407 e. The van der Waals surface area contributed by atoms with Crippen molar-refractivity contribution >= 4 is 46.9 Å². The quantitative estimate of drug-likeness (QED) is 0.218. The topological polar surface area (TPSA) is 90.5 Å². The average Bonchev–Trinajstić information content (AvgIpc) is 2.99. The molecule has 0 aliphatic heterocycles. The van der Waals surface area contributed by atoms with Crippen molar-refractivity contribution in [2.45, 2.75) is 32.8 Å². The number of aromatic amines is 1. The highest BCUT2D eigenvalue weighted by Crippen LogP contribution is 2.17. The summed E-state index contributed by atoms with van der Waals surface area (Å²) in [4.78, 5) is 19.0. The number of nitrogens with zero attached hydrogens (tertiary/aromatic N) is 1. The molecule has 0 radical (unpaired) electrons. The number of para-hydroxylation sites is 1. The number of halogens is 1. The van der Waals surface area contributed by atoms with E-state index in [0.29, 0.717) is 19.0 Å². The van der Waals surface area contributed by atoms with Gasteiger partial charge in [0.15, 0.2) is 5.96 Å². The average molecular weight is 487 g/mol. The zero-order valence-corrected chi connectivity index (χ0v) is 18.7. The molecule has 1 aromatic heterocycles. The van der Waals surface area contributed by atoms with Gasteiger partial charge < -0.3 is 25.7 Å². The molecular formula is C19H30IN5O2. The van der Waals surface area contributed by atoms with Crippen molar-refractivity contribution in [1.82, 2.24) is 20.9 Å². The van der Waals surface area contributed by atoms with E-state index in [1.165, 1.54) is 10.9 Å². The van der Waals surface area contributed by atoms with Crippen LogP contribution in [0.5, 0.6) is 0 Å². The van der Waals surface area contributed by atoms with Gasteiger partial charge in [0, 0.05) is 43.8 Å². The molecular weight excluding hydrogens is 457 g/mol. The number of aliphatic imine (C=N–C) groups is 1. The van der Waals surface area contributed by atoms with Crippen LogP contribution in [0.4, 0.5) is 4.79 Å². The largest absolute Gasteiger partial charge is 0.444 e. The highest BCUT2D eigenvalue weighted by atomic mass is 127. The van der Waals surface area contributed by atoms with Crippen LogP contribution in [0.2, 0.25) is 0 Å². The molecule has 8 heteroatoms. The second-order valence-electron chi connectivity index (χ2n) is 6.96. The van der Waals surface area contributed by atoms with Gasteiger partial charge in [0.1, 0.15) is 5.60 Å². The second-order valence-corrected chi connectivity index (χ2v) is 6.96. The standard InChI is InChI=1S/C19H29N5O2.HI/c1-19(2,3)26-18(25)23-12-11-22-17(20-4)21-10-9-14-13-24-16-8-6-5-7-15(14)16;/h5-8,13,24H,9-12H2,1-4H3,(H,23,25)(H2,20,21,22);1H. The molecule has 4 N–H and O–H groups in total. The van der Waals surface area contributed by atoms with Crippen molar-refractivity contribution in [2.75, 3.05) is 26.7 Å². The number of guanidine groups is 1. The molecule has 0 atom stereocenters. The van der Waals surface area contributed by atoms with Gasteiger partial charge in [0.05, 0.1) is 0 Å². The normalized spacial score (nSPS) is 11.6. The van der Waals surface area contributed by atoms with Crippen LogP contribution in [-0.4, -0.2) is 49.3 Å². The molecule has 27 heavy (non-hydrogen) atoms. The molecule has 0 aliphatic carbocycles. The third-order valence-corrected chi connectivity index (χ3v) is 3.67. The highest BCUT2D eigenvalue weighted by Gasteiger charge is 2.15. The van der Waals surface area contributed by atoms with E-state index >= 15 is 0 Å². The summed E-state index contributed by atoms with van der Waals surface area (Å²) >= 11 is 0. The Morgan fingerprint density at radius 2 is 1.78 bits per heavy atom. The van der Waals surface area contributed by atoms with Crippen molar-refractivity contribution in [1.29, 1.82) is 0 Å². The Bertz CT molecular complexity index is 752. The molecule has 1 aromatic carbocycles. The van der Waals surface area contributed by atoms with Crippen LogP contribution in [-0.2, 0) is 11.2 Å². The molecule has 0 unspecified atom stereocenters. The molecule has 0 saturated carbocycles. The molecule has 0 aliphatic rings. The molecule has 150 valence electrons. The summed E-state index contributed by atoms with van der Waals surface area (Å²) < 4.78 is 5.19. The van der Waals surface area contributed by atoms with Gasteiger partial charge in [-0.2, -0.15) is 0 Å². The molecule has 0 fully saturated rings. The van der Waals surface area contributed by atoms with Crippen LogP contribution < -0.4 is 16.0 Å². The third-order valence-electron chi connectivity index (χ3n) is 3.67. The number of amides is 1. The highest BCUT2D eigenvalue weighted by molar-refractivity contribution is 14.0. The molecule has 2 aromatic rings. The minimum atomic E-state index is -0.489. The van der Waals surface area contributed by atoms with Gasteiger partial charge in [-0.05, 0) is 38.8 Å². The maximum absolute atomic E-state index is 11.6. The van der Waals surface area contributed by atoms with Gasteiger partial charge in [0.2, 0.25) is 0 Å². The van der Waals surface area contributed by atoms with Crippen molar-refractivity contribution in [3.8, 4) is 0 Å². The van der Waals surface area contributed by atoms with Gasteiger partial charge >= 0.3 is 6.09 Å². The number of aromatic nitrogens is 1. The molecule has 1 heterocycles. The number of hydrogen-bond donors (Lipinski definition) is 4. The number of H-pyrrole nitrogens is 1. The number of nitrogens with one attached hydrogen (secondary N) is 4. The van der Waals surface area contributed by atoms with E-state index in [2.05, 4.69) is 38.1 Å². The van der Waals surface area contributed by atoms with Crippen LogP contribution in [0.3, 0.4) is 0 Å². The Kier molecular flexibility index (Phi) is 9.40. The Morgan fingerprint density at radius 1 is 1.11 bits per heavy atom. The van der Waals surface area contributed by atoms with E-state index in [0.717, 1.165) is 18.5 Å². The molecule has 0 spiro atoms. The Hall–Kier alpha value is -1.97. The minimum Gasteiger partial charge on any atom is -0.444 e. The van der Waals surface area contributed by atoms with Crippen LogP contribution >= 0.6 is 24.0 Å². The first-order valence-electron chi connectivity index (χ1n) is 8.85. The van der Waals surface area contributed by atoms with E-state index in [1.807, 2.05) is 39.1 Å². The fourth-order valence-electron chi connectivity index (χ4n) is 2.53. The lowest BCUT2D eigenvalue weighted by atomic mass is 10.1. The summed E-state index contributed by atoms with van der Waals surface area (Å²) in [6.45, 7) is 7.30. The van der Waals surface area contributed by atoms with Gasteiger partial charge in [-0.15, -0.1) is 24.0 Å². The summed E-state index contributed by atoms with van der Waals surface area (Å²) in [6.07, 6.45) is 2.52. The maximum atomic E-state index is 11.6. The number of ether oxygens (including phenoxy) is 1. The molecule has 0 saturated heterocycles. The first kappa shape index (κ1) is 23.1. The summed E-state index contributed by atoms with van der Waals surface area (Å²) in [7, 11) is 1.72. The van der Waals surface area contributed by atoms with Crippen molar-refractivity contribution in [2.24, 2.45) is 4.99 Å². The van der Waals surface area contributed by atoms with E-state index in [-0.39, 0.29) is 24.0 Å². The fourth-order valence-corrected chi connectivity index (χ4v) is 2.53. The third kappa shape index (κ3) is 8.06. The second kappa shape index (κ2) is 11.0. The zero-order chi connectivity index (χ0) is 19.0. The van der Waals surface area contributed by atoms with E-state index in [4.69, 9.17) is 4.74 Å². The van der Waals surface area contributed by atoms with E-state index < -0.39 is 11.7 Å². The fraction of sp³-hybridized carbons (Fsp3) is 0.474. The van der Waals surface area contributed by atoms with Crippen molar-refractivity contribution < 1.29 is 9.53 Å². The van der Waals surface area contributed by atoms with Crippen LogP contribution in [0, 0.1) is 0 Å². The number of hydrogen-bond acceptors (Lipinski definition) is 3. The summed E-state index contributed by atoms with van der Waals surface area (Å²) in [5, 5.41) is 10.4. The Labute approximate surface area is 177 Å². The number of rotatable bonds is 6. The maximum Gasteiger partial charge on any atom is 0.407 e. The van der Waals surface area contributed by atoms with Gasteiger partial charge in [-0.25, -0.2) is 4.79 Å². The first-order valence-corrected chi connectivity index (χ1v) is 8.85. The molecule has 7 nitrogen and oxygen atoms in total. The SMILES string of the molecule is CN=C(NCCNC(=O)OC(C)(C)C)NCCc1c[nH]c2ccccc12.I. The number of alkyl carbamates (subject to hydrolysis) is 1. The Balaban J connectivity index is 0.00000364. The van der Waals surface area contributed by atoms with Gasteiger partial charge in [-0.1, -0.05) is 18.2 Å². The number of benzene rings is 1. The van der Waals surface area contributed by atoms with E-state index in [1.54, 1.807) is 7.05 Å². The lowest BCUT2D eigenvalue weighted by Gasteiger charge is -2.19. The van der Waals surface area contributed by atoms with Crippen molar-refractivity contribution in [3.05, 3.63) is 36.0 Å². The lowest BCUT2D eigenvalue weighted by Crippen LogP contribution is -2.42. The molecule has 2 rings (SSSR count). The molecule has 1 amide bonds. The van der Waals surface area contributed by atoms with Crippen LogP contribution in [0.25, 0.3) is 10.9 Å². The first-order chi connectivity index (χ1) is 12.4. The van der Waals surface area contributed by atoms with Gasteiger partial charge in [0.25, 0.3) is 0 Å². The summed E-state index contributed by atoms with van der Waals surface area (Å²) in [6, 6.07) is 8.27. The monoisotopic (exact) mass is 487 g/mol. The van der Waals surface area contributed by atoms with E-state index in [9.17, 15) is 4.79 Å². The Morgan fingerprint density at radius 3 is 2.48 bits per heavy atom. The number of carbonyl (C=O) groups is 1. The lowest BCUT2D eigenvalue weighted by molar-refractivity contribution is 0.0529.